The van der Waals surface area contributed by atoms with E-state index in [1.54, 1.807) is 0 Å². The zero-order valence-electron chi connectivity index (χ0n) is 11.5. The molecule has 0 radical (unpaired) electrons. The highest BCUT2D eigenvalue weighted by molar-refractivity contribution is 4.73. The van der Waals surface area contributed by atoms with Gasteiger partial charge in [-0.05, 0) is 30.6 Å². The summed E-state index contributed by atoms with van der Waals surface area (Å²) in [7, 11) is 0. The molecule has 0 saturated heterocycles. The van der Waals surface area contributed by atoms with E-state index in [4.69, 9.17) is 5.73 Å². The first-order valence-electron chi connectivity index (χ1n) is 7.37. The normalized spacial score (nSPS) is 39.8. The summed E-state index contributed by atoms with van der Waals surface area (Å²) >= 11 is 0. The van der Waals surface area contributed by atoms with E-state index in [0.29, 0.717) is 6.04 Å². The van der Waals surface area contributed by atoms with Crippen molar-refractivity contribution in [2.24, 2.45) is 23.5 Å². The van der Waals surface area contributed by atoms with E-state index in [9.17, 15) is 0 Å². The van der Waals surface area contributed by atoms with Crippen molar-refractivity contribution in [3.8, 4) is 0 Å². The van der Waals surface area contributed by atoms with Crippen LogP contribution >= 0.6 is 0 Å². The van der Waals surface area contributed by atoms with Crippen molar-refractivity contribution in [2.45, 2.75) is 78.2 Å². The summed E-state index contributed by atoms with van der Waals surface area (Å²) in [5.41, 5.74) is 5.78. The Morgan fingerprint density at radius 1 is 0.625 bits per heavy atom. The molecule has 2 saturated carbocycles. The van der Waals surface area contributed by atoms with Gasteiger partial charge in [-0.25, -0.2) is 0 Å². The van der Waals surface area contributed by atoms with Crippen LogP contribution in [0.2, 0.25) is 0 Å². The van der Waals surface area contributed by atoms with Crippen LogP contribution in [-0.4, -0.2) is 6.04 Å². The van der Waals surface area contributed by atoms with Crippen LogP contribution in [0.4, 0.5) is 0 Å². The van der Waals surface area contributed by atoms with Crippen LogP contribution in [0.25, 0.3) is 0 Å². The summed E-state index contributed by atoms with van der Waals surface area (Å²) in [5.74, 6) is 2.79. The van der Waals surface area contributed by atoms with Gasteiger partial charge < -0.3 is 5.73 Å². The van der Waals surface area contributed by atoms with E-state index in [1.165, 1.54) is 51.4 Å². The zero-order chi connectivity index (χ0) is 12.0. The molecular weight excluding hydrogens is 194 g/mol. The molecule has 1 heteroatoms. The van der Waals surface area contributed by atoms with E-state index in [-0.39, 0.29) is 0 Å². The second-order valence-electron chi connectivity index (χ2n) is 6.16. The summed E-state index contributed by atoms with van der Waals surface area (Å²) in [5, 5.41) is 0. The standard InChI is InChI=1S/C8H16.C7H15N/c1-7-5-3-4-6-8(7)2;1-6-4-2-3-5-7(6)8/h7-8H,3-6H2,1-2H3;6-7H,2-5,8H2,1H3/t7-,8-;6-,7-/m01/s1. The fourth-order valence-corrected chi connectivity index (χ4v) is 2.85. The van der Waals surface area contributed by atoms with Crippen LogP contribution in [0.1, 0.15) is 72.1 Å². The van der Waals surface area contributed by atoms with Gasteiger partial charge in [-0.1, -0.05) is 59.3 Å². The summed E-state index contributed by atoms with van der Waals surface area (Å²) in [4.78, 5) is 0. The Balaban J connectivity index is 0.000000160. The Hall–Kier alpha value is -0.0400. The molecule has 0 unspecified atom stereocenters. The van der Waals surface area contributed by atoms with Gasteiger partial charge in [-0.3, -0.25) is 0 Å². The lowest BCUT2D eigenvalue weighted by atomic mass is 9.82. The molecule has 0 spiro atoms. The van der Waals surface area contributed by atoms with E-state index in [0.717, 1.165) is 17.8 Å². The first-order chi connectivity index (χ1) is 7.61. The lowest BCUT2D eigenvalue weighted by Gasteiger charge is -2.24. The van der Waals surface area contributed by atoms with E-state index < -0.39 is 0 Å². The molecule has 2 aliphatic carbocycles. The molecule has 96 valence electrons. The van der Waals surface area contributed by atoms with Crippen LogP contribution in [0.5, 0.6) is 0 Å². The molecule has 0 bridgehead atoms. The fraction of sp³-hybridized carbons (Fsp3) is 1.00. The molecule has 2 aliphatic rings. The monoisotopic (exact) mass is 225 g/mol. The Labute approximate surface area is 102 Å². The lowest BCUT2D eigenvalue weighted by molar-refractivity contribution is 0.277. The SMILES string of the molecule is C[C@@H]1CCCC[C@H]1N.C[C@H]1CCCC[C@@H]1C. The van der Waals surface area contributed by atoms with Crippen molar-refractivity contribution in [3.05, 3.63) is 0 Å². The van der Waals surface area contributed by atoms with Crippen LogP contribution in [0, 0.1) is 17.8 Å². The average Bonchev–Trinajstić information content (AvgIpc) is 2.28. The molecule has 0 amide bonds. The van der Waals surface area contributed by atoms with Gasteiger partial charge in [-0.15, -0.1) is 0 Å². The van der Waals surface area contributed by atoms with Gasteiger partial charge in [0.1, 0.15) is 0 Å². The summed E-state index contributed by atoms with van der Waals surface area (Å²) in [6.45, 7) is 7.01. The minimum absolute atomic E-state index is 0.503. The first kappa shape index (κ1) is 14.0. The third-order valence-electron chi connectivity index (χ3n) is 4.72. The highest BCUT2D eigenvalue weighted by Gasteiger charge is 2.16. The first-order valence-corrected chi connectivity index (χ1v) is 7.37. The van der Waals surface area contributed by atoms with Gasteiger partial charge in [0.25, 0.3) is 0 Å². The topological polar surface area (TPSA) is 26.0 Å². The van der Waals surface area contributed by atoms with Crippen molar-refractivity contribution in [1.82, 2.24) is 0 Å². The second-order valence-corrected chi connectivity index (χ2v) is 6.16. The predicted molar refractivity (Wildman–Crippen MR) is 72.4 cm³/mol. The largest absolute Gasteiger partial charge is 0.327 e. The predicted octanol–water partition coefficient (Wildman–Crippen LogP) is 4.36. The highest BCUT2D eigenvalue weighted by atomic mass is 14.6. The minimum atomic E-state index is 0.503. The molecule has 4 atom stereocenters. The van der Waals surface area contributed by atoms with Gasteiger partial charge in [0, 0.05) is 6.04 Å². The van der Waals surface area contributed by atoms with Crippen molar-refractivity contribution >= 4 is 0 Å². The van der Waals surface area contributed by atoms with Gasteiger partial charge in [0.2, 0.25) is 0 Å². The maximum Gasteiger partial charge on any atom is 0.00645 e. The summed E-state index contributed by atoms with van der Waals surface area (Å²) < 4.78 is 0. The molecule has 0 aliphatic heterocycles. The Kier molecular flexibility index (Phi) is 6.41. The number of rotatable bonds is 0. The fourth-order valence-electron chi connectivity index (χ4n) is 2.85. The van der Waals surface area contributed by atoms with Gasteiger partial charge in [0.15, 0.2) is 0 Å². The van der Waals surface area contributed by atoms with Gasteiger partial charge >= 0.3 is 0 Å². The minimum Gasteiger partial charge on any atom is -0.327 e. The van der Waals surface area contributed by atoms with Crippen molar-refractivity contribution in [1.29, 1.82) is 0 Å². The van der Waals surface area contributed by atoms with E-state index in [1.807, 2.05) is 0 Å². The molecule has 0 heterocycles. The van der Waals surface area contributed by atoms with Gasteiger partial charge in [-0.2, -0.15) is 0 Å². The van der Waals surface area contributed by atoms with E-state index in [2.05, 4.69) is 20.8 Å². The molecular formula is C15H31N. The summed E-state index contributed by atoms with van der Waals surface area (Å²) in [6.07, 6.45) is 11.3. The van der Waals surface area contributed by atoms with Crippen molar-refractivity contribution < 1.29 is 0 Å². The highest BCUT2D eigenvalue weighted by Crippen LogP contribution is 2.28. The average molecular weight is 225 g/mol. The Morgan fingerprint density at radius 3 is 1.25 bits per heavy atom. The number of hydrogen-bond donors (Lipinski definition) is 1. The Morgan fingerprint density at radius 2 is 1.00 bits per heavy atom. The maximum absolute atomic E-state index is 5.78. The van der Waals surface area contributed by atoms with Crippen molar-refractivity contribution in [3.63, 3.8) is 0 Å². The molecule has 0 aromatic carbocycles. The molecule has 16 heavy (non-hydrogen) atoms. The zero-order valence-corrected chi connectivity index (χ0v) is 11.5. The lowest BCUT2D eigenvalue weighted by Crippen LogP contribution is -2.30. The van der Waals surface area contributed by atoms with Crippen LogP contribution in [0.15, 0.2) is 0 Å². The summed E-state index contributed by atoms with van der Waals surface area (Å²) in [6, 6.07) is 0.503. The molecule has 2 fully saturated rings. The number of hydrogen-bond acceptors (Lipinski definition) is 1. The van der Waals surface area contributed by atoms with Crippen molar-refractivity contribution in [2.75, 3.05) is 0 Å². The molecule has 1 nitrogen and oxygen atoms in total. The van der Waals surface area contributed by atoms with Gasteiger partial charge in [0.05, 0.1) is 0 Å². The third-order valence-corrected chi connectivity index (χ3v) is 4.72. The smallest absolute Gasteiger partial charge is 0.00645 e. The second kappa shape index (κ2) is 7.32. The third kappa shape index (κ3) is 4.86. The molecule has 0 aromatic rings. The van der Waals surface area contributed by atoms with Crippen LogP contribution < -0.4 is 5.73 Å². The van der Waals surface area contributed by atoms with Crippen LogP contribution in [0.3, 0.4) is 0 Å². The van der Waals surface area contributed by atoms with Crippen LogP contribution in [-0.2, 0) is 0 Å². The van der Waals surface area contributed by atoms with E-state index >= 15 is 0 Å². The maximum atomic E-state index is 5.78. The number of nitrogens with two attached hydrogens (primary N) is 1. The quantitative estimate of drug-likeness (QED) is 0.651. The molecule has 0 aromatic heterocycles. The Bertz CT molecular complexity index is 138. The molecule has 2 N–H and O–H groups in total. The molecule has 2 rings (SSSR count).